The van der Waals surface area contributed by atoms with Gasteiger partial charge in [-0.15, -0.1) is 0 Å². The first kappa shape index (κ1) is 37.6. The van der Waals surface area contributed by atoms with Crippen LogP contribution in [-0.2, 0) is 9.53 Å². The quantitative estimate of drug-likeness (QED) is 0.0718. The van der Waals surface area contributed by atoms with Gasteiger partial charge in [0.15, 0.2) is 0 Å². The Morgan fingerprint density at radius 3 is 1.77 bits per heavy atom. The first-order valence-electron chi connectivity index (χ1n) is 16.0. The molecule has 0 aliphatic carbocycles. The highest BCUT2D eigenvalue weighted by molar-refractivity contribution is 5.69. The number of carbonyl (C=O) groups is 1. The van der Waals surface area contributed by atoms with Gasteiger partial charge in [0, 0.05) is 12.8 Å². The molecular weight excluding hydrogens is 488 g/mol. The van der Waals surface area contributed by atoms with Crippen LogP contribution in [0.15, 0.2) is 83.1 Å². The minimum atomic E-state index is -0.174. The summed E-state index contributed by atoms with van der Waals surface area (Å²) < 4.78 is 5.96. The van der Waals surface area contributed by atoms with Gasteiger partial charge >= 0.3 is 5.97 Å². The van der Waals surface area contributed by atoms with Gasteiger partial charge in [-0.2, -0.15) is 0 Å². The van der Waals surface area contributed by atoms with Gasteiger partial charge in [0.25, 0.3) is 0 Å². The van der Waals surface area contributed by atoms with Crippen LogP contribution < -0.4 is 0 Å². The first-order valence-corrected chi connectivity index (χ1v) is 16.0. The molecule has 0 radical (unpaired) electrons. The molecule has 1 unspecified atom stereocenters. The molecule has 0 fully saturated rings. The Balaban J connectivity index is 4.44. The number of hydrogen-bond donors (Lipinski definition) is 0. The molecule has 0 saturated heterocycles. The van der Waals surface area contributed by atoms with E-state index in [1.165, 1.54) is 41.6 Å². The third-order valence-electron chi connectivity index (χ3n) is 6.67. The van der Waals surface area contributed by atoms with Crippen LogP contribution in [0.2, 0.25) is 0 Å². The second kappa shape index (κ2) is 26.9. The van der Waals surface area contributed by atoms with Crippen molar-refractivity contribution in [1.29, 1.82) is 0 Å². The van der Waals surface area contributed by atoms with Crippen molar-refractivity contribution in [3.63, 3.8) is 0 Å². The molecule has 0 aromatic carbocycles. The summed E-state index contributed by atoms with van der Waals surface area (Å²) >= 11 is 0. The lowest BCUT2D eigenvalue weighted by Crippen LogP contribution is -2.16. The standard InChI is InChI=1S/C38H62O2/c1-8-9-10-11-12-13-14-15-16-17-18-19-20-21-22-29-38(39)40-37(32-36(7)28-24-26-34(4)5)31-30-35(6)27-23-25-33(2)3/h9-10,12-13,15-16,25-26,30,32,37H,8,11,14,17-24,27-29,31H2,1-7H3. The lowest BCUT2D eigenvalue weighted by Gasteiger charge is -2.15. The number of carbonyl (C=O) groups excluding carboxylic acids is 1. The first-order chi connectivity index (χ1) is 19.2. The van der Waals surface area contributed by atoms with Gasteiger partial charge in [0.2, 0.25) is 0 Å². The molecule has 0 rings (SSSR count). The van der Waals surface area contributed by atoms with E-state index in [9.17, 15) is 4.79 Å². The van der Waals surface area contributed by atoms with Crippen molar-refractivity contribution in [1.82, 2.24) is 0 Å². The summed E-state index contributed by atoms with van der Waals surface area (Å²) in [4.78, 5) is 12.7. The SMILES string of the molecule is CCC=CCC=CCC=CCCCCCCCC(=O)OC(C=C(C)CCC=C(C)C)CC=C(C)CCC=C(C)C. The normalized spacial score (nSPS) is 13.4. The summed E-state index contributed by atoms with van der Waals surface area (Å²) in [5.41, 5.74) is 5.36. The Hall–Kier alpha value is -2.35. The van der Waals surface area contributed by atoms with Crippen molar-refractivity contribution in [3.05, 3.63) is 83.1 Å². The molecular formula is C38H62O2. The van der Waals surface area contributed by atoms with E-state index in [4.69, 9.17) is 4.74 Å². The summed E-state index contributed by atoms with van der Waals surface area (Å²) in [7, 11) is 0. The monoisotopic (exact) mass is 550 g/mol. The summed E-state index contributed by atoms with van der Waals surface area (Å²) in [5.74, 6) is -0.0601. The molecule has 0 bridgehead atoms. The van der Waals surface area contributed by atoms with Crippen LogP contribution in [0.1, 0.15) is 145 Å². The molecule has 0 aromatic heterocycles. The molecule has 1 atom stereocenters. The molecule has 0 saturated carbocycles. The molecule has 0 aliphatic heterocycles. The van der Waals surface area contributed by atoms with E-state index >= 15 is 0 Å². The summed E-state index contributed by atoms with van der Waals surface area (Å²) in [5, 5.41) is 0. The van der Waals surface area contributed by atoms with Crippen LogP contribution in [0.3, 0.4) is 0 Å². The Bertz CT molecular complexity index is 852. The zero-order valence-electron chi connectivity index (χ0n) is 27.3. The van der Waals surface area contributed by atoms with Crippen molar-refractivity contribution < 1.29 is 9.53 Å². The van der Waals surface area contributed by atoms with E-state index < -0.39 is 0 Å². The molecule has 2 nitrogen and oxygen atoms in total. The molecule has 0 N–H and O–H groups in total. The van der Waals surface area contributed by atoms with Gasteiger partial charge in [-0.05, 0) is 112 Å². The zero-order chi connectivity index (χ0) is 29.8. The van der Waals surface area contributed by atoms with Crippen molar-refractivity contribution in [2.45, 2.75) is 151 Å². The molecule has 226 valence electrons. The van der Waals surface area contributed by atoms with Crippen LogP contribution in [-0.4, -0.2) is 12.1 Å². The van der Waals surface area contributed by atoms with Gasteiger partial charge in [-0.1, -0.05) is 103 Å². The van der Waals surface area contributed by atoms with Crippen LogP contribution in [0.5, 0.6) is 0 Å². The van der Waals surface area contributed by atoms with E-state index in [2.05, 4.69) is 109 Å². The van der Waals surface area contributed by atoms with Gasteiger partial charge in [-0.3, -0.25) is 4.79 Å². The minimum absolute atomic E-state index is 0.0601. The lowest BCUT2D eigenvalue weighted by atomic mass is 10.0. The highest BCUT2D eigenvalue weighted by Gasteiger charge is 2.12. The number of esters is 1. The fourth-order valence-corrected chi connectivity index (χ4v) is 4.26. The number of allylic oxidation sites excluding steroid dienone is 12. The number of unbranched alkanes of at least 4 members (excludes halogenated alkanes) is 5. The highest BCUT2D eigenvalue weighted by Crippen LogP contribution is 2.16. The Labute approximate surface area is 249 Å². The number of hydrogen-bond acceptors (Lipinski definition) is 2. The molecule has 2 heteroatoms. The average molecular weight is 551 g/mol. The van der Waals surface area contributed by atoms with Crippen molar-refractivity contribution in [2.75, 3.05) is 0 Å². The topological polar surface area (TPSA) is 26.3 Å². The minimum Gasteiger partial charge on any atom is -0.458 e. The highest BCUT2D eigenvalue weighted by atomic mass is 16.5. The maximum atomic E-state index is 12.7. The largest absolute Gasteiger partial charge is 0.458 e. The fraction of sp³-hybridized carbons (Fsp3) is 0.605. The second-order valence-corrected chi connectivity index (χ2v) is 11.6. The number of rotatable bonds is 23. The van der Waals surface area contributed by atoms with Crippen LogP contribution in [0.25, 0.3) is 0 Å². The van der Waals surface area contributed by atoms with E-state index in [1.807, 2.05) is 0 Å². The van der Waals surface area contributed by atoms with Crippen molar-refractivity contribution in [3.8, 4) is 0 Å². The molecule has 40 heavy (non-hydrogen) atoms. The predicted molar refractivity (Wildman–Crippen MR) is 179 cm³/mol. The fourth-order valence-electron chi connectivity index (χ4n) is 4.26. The molecule has 0 aromatic rings. The second-order valence-electron chi connectivity index (χ2n) is 11.6. The average Bonchev–Trinajstić information content (AvgIpc) is 2.89. The molecule has 0 amide bonds. The summed E-state index contributed by atoms with van der Waals surface area (Å²) in [6.07, 6.45) is 37.7. The van der Waals surface area contributed by atoms with Crippen molar-refractivity contribution >= 4 is 5.97 Å². The van der Waals surface area contributed by atoms with Crippen LogP contribution >= 0.6 is 0 Å². The lowest BCUT2D eigenvalue weighted by molar-refractivity contribution is -0.146. The Kier molecular flexibility index (Phi) is 25.3. The third-order valence-corrected chi connectivity index (χ3v) is 6.67. The van der Waals surface area contributed by atoms with Gasteiger partial charge < -0.3 is 4.74 Å². The van der Waals surface area contributed by atoms with E-state index in [-0.39, 0.29) is 12.1 Å². The van der Waals surface area contributed by atoms with Gasteiger partial charge in [-0.25, -0.2) is 0 Å². The predicted octanol–water partition coefficient (Wildman–Crippen LogP) is 12.3. The van der Waals surface area contributed by atoms with E-state index in [0.29, 0.717) is 6.42 Å². The molecule has 0 aliphatic rings. The Morgan fingerprint density at radius 2 is 1.15 bits per heavy atom. The zero-order valence-corrected chi connectivity index (χ0v) is 27.3. The van der Waals surface area contributed by atoms with E-state index in [0.717, 1.165) is 70.6 Å². The van der Waals surface area contributed by atoms with E-state index in [1.54, 1.807) is 0 Å². The third kappa shape index (κ3) is 27.2. The summed E-state index contributed by atoms with van der Waals surface area (Å²) in [6, 6.07) is 0. The molecule has 0 spiro atoms. The van der Waals surface area contributed by atoms with Gasteiger partial charge in [0.05, 0.1) is 0 Å². The maximum Gasteiger partial charge on any atom is 0.306 e. The smallest absolute Gasteiger partial charge is 0.306 e. The van der Waals surface area contributed by atoms with Crippen molar-refractivity contribution in [2.24, 2.45) is 0 Å². The van der Waals surface area contributed by atoms with Gasteiger partial charge in [0.1, 0.15) is 6.10 Å². The Morgan fingerprint density at radius 1 is 0.600 bits per heavy atom. The maximum absolute atomic E-state index is 12.7. The van der Waals surface area contributed by atoms with Crippen LogP contribution in [0.4, 0.5) is 0 Å². The van der Waals surface area contributed by atoms with Crippen LogP contribution in [0, 0.1) is 0 Å². The molecule has 0 heterocycles. The number of ether oxygens (including phenoxy) is 1. The summed E-state index contributed by atoms with van der Waals surface area (Å²) in [6.45, 7) is 15.1.